The van der Waals surface area contributed by atoms with Crippen molar-refractivity contribution < 1.29 is 9.66 Å². The zero-order valence-corrected chi connectivity index (χ0v) is 13.9. The number of rotatable bonds is 3. The highest BCUT2D eigenvalue weighted by Gasteiger charge is 2.21. The standard InChI is InChI=1S/C14H8Br2N2O3/c1-8-5-9(15)6-12(18(19)20)14(8)21-13-4-2-3-11(16)10(13)7-17/h2-6H,1H3. The van der Waals surface area contributed by atoms with E-state index < -0.39 is 4.92 Å². The van der Waals surface area contributed by atoms with Crippen LogP contribution in [0, 0.1) is 28.4 Å². The van der Waals surface area contributed by atoms with Crippen LogP contribution in [0.4, 0.5) is 5.69 Å². The Bertz CT molecular complexity index is 770. The lowest BCUT2D eigenvalue weighted by molar-refractivity contribution is -0.385. The first-order valence-corrected chi connectivity index (χ1v) is 7.33. The highest BCUT2D eigenvalue weighted by Crippen LogP contribution is 2.39. The second-order valence-electron chi connectivity index (χ2n) is 4.15. The third-order valence-electron chi connectivity index (χ3n) is 2.72. The number of hydrogen-bond acceptors (Lipinski definition) is 4. The van der Waals surface area contributed by atoms with Crippen LogP contribution >= 0.6 is 31.9 Å². The highest BCUT2D eigenvalue weighted by atomic mass is 79.9. The fourth-order valence-electron chi connectivity index (χ4n) is 1.79. The minimum absolute atomic E-state index is 0.123. The van der Waals surface area contributed by atoms with Crippen LogP contribution in [-0.4, -0.2) is 4.92 Å². The normalized spacial score (nSPS) is 10.0. The van der Waals surface area contributed by atoms with E-state index in [-0.39, 0.29) is 22.7 Å². The Balaban J connectivity index is 2.58. The smallest absolute Gasteiger partial charge is 0.312 e. The van der Waals surface area contributed by atoms with Gasteiger partial charge in [0, 0.05) is 15.0 Å². The molecule has 0 radical (unpaired) electrons. The summed E-state index contributed by atoms with van der Waals surface area (Å²) in [7, 11) is 0. The van der Waals surface area contributed by atoms with E-state index in [0.717, 1.165) is 0 Å². The van der Waals surface area contributed by atoms with Crippen LogP contribution in [0.5, 0.6) is 11.5 Å². The molecule has 7 heteroatoms. The Hall–Kier alpha value is -1.91. The van der Waals surface area contributed by atoms with Crippen molar-refractivity contribution in [2.75, 3.05) is 0 Å². The van der Waals surface area contributed by atoms with Crippen LogP contribution in [0.25, 0.3) is 0 Å². The summed E-state index contributed by atoms with van der Waals surface area (Å²) in [6.45, 7) is 1.71. The lowest BCUT2D eigenvalue weighted by Crippen LogP contribution is -1.97. The van der Waals surface area contributed by atoms with Gasteiger partial charge in [-0.25, -0.2) is 0 Å². The molecular weight excluding hydrogens is 404 g/mol. The molecule has 0 bridgehead atoms. The van der Waals surface area contributed by atoms with Gasteiger partial charge < -0.3 is 4.74 Å². The maximum Gasteiger partial charge on any atom is 0.312 e. The molecule has 0 fully saturated rings. The number of benzene rings is 2. The molecule has 0 N–H and O–H groups in total. The Morgan fingerprint density at radius 2 is 2.05 bits per heavy atom. The summed E-state index contributed by atoms with van der Waals surface area (Å²) in [6, 6.07) is 10.1. The molecule has 0 aliphatic rings. The predicted octanol–water partition coefficient (Wildman–Crippen LogP) is 5.09. The first-order valence-electron chi connectivity index (χ1n) is 5.75. The van der Waals surface area contributed by atoms with Gasteiger partial charge in [-0.1, -0.05) is 22.0 Å². The molecule has 2 rings (SSSR count). The molecule has 0 aliphatic heterocycles. The molecule has 0 aliphatic carbocycles. The van der Waals surface area contributed by atoms with E-state index in [0.29, 0.717) is 14.5 Å². The zero-order chi connectivity index (χ0) is 15.6. The number of nitrogens with zero attached hydrogens (tertiary/aromatic N) is 2. The van der Waals surface area contributed by atoms with Crippen molar-refractivity contribution in [3.8, 4) is 17.6 Å². The number of nitriles is 1. The van der Waals surface area contributed by atoms with Gasteiger partial charge in [-0.3, -0.25) is 10.1 Å². The van der Waals surface area contributed by atoms with Crippen molar-refractivity contribution in [1.29, 1.82) is 5.26 Å². The van der Waals surface area contributed by atoms with E-state index in [4.69, 9.17) is 10.00 Å². The van der Waals surface area contributed by atoms with E-state index in [1.54, 1.807) is 31.2 Å². The van der Waals surface area contributed by atoms with Crippen molar-refractivity contribution in [1.82, 2.24) is 0 Å². The molecule has 2 aromatic carbocycles. The van der Waals surface area contributed by atoms with Crippen LogP contribution < -0.4 is 4.74 Å². The fourth-order valence-corrected chi connectivity index (χ4v) is 2.79. The summed E-state index contributed by atoms with van der Waals surface area (Å²) in [6.07, 6.45) is 0. The van der Waals surface area contributed by atoms with Gasteiger partial charge in [0.1, 0.15) is 17.4 Å². The fraction of sp³-hybridized carbons (Fsp3) is 0.0714. The molecule has 0 atom stereocenters. The Morgan fingerprint density at radius 3 is 2.67 bits per heavy atom. The van der Waals surface area contributed by atoms with E-state index >= 15 is 0 Å². The van der Waals surface area contributed by atoms with Crippen molar-refractivity contribution >= 4 is 37.5 Å². The summed E-state index contributed by atoms with van der Waals surface area (Å²) in [5.41, 5.74) is 0.722. The van der Waals surface area contributed by atoms with Gasteiger partial charge >= 0.3 is 5.69 Å². The molecule has 2 aromatic rings. The maximum absolute atomic E-state index is 11.2. The van der Waals surface area contributed by atoms with Gasteiger partial charge in [0.05, 0.1) is 4.92 Å². The topological polar surface area (TPSA) is 76.2 Å². The van der Waals surface area contributed by atoms with Crippen molar-refractivity contribution in [3.05, 3.63) is 60.5 Å². The molecule has 0 heterocycles. The largest absolute Gasteiger partial charge is 0.448 e. The van der Waals surface area contributed by atoms with Crippen molar-refractivity contribution in [2.45, 2.75) is 6.92 Å². The first kappa shape index (κ1) is 15.5. The number of hydrogen-bond donors (Lipinski definition) is 0. The zero-order valence-electron chi connectivity index (χ0n) is 10.8. The Labute approximate surface area is 137 Å². The van der Waals surface area contributed by atoms with E-state index in [2.05, 4.69) is 31.9 Å². The highest BCUT2D eigenvalue weighted by molar-refractivity contribution is 9.10. The number of halogens is 2. The molecular formula is C14H8Br2N2O3. The summed E-state index contributed by atoms with van der Waals surface area (Å²) in [5.74, 6) is 0.387. The van der Waals surface area contributed by atoms with Crippen LogP contribution in [0.1, 0.15) is 11.1 Å². The molecule has 0 spiro atoms. The van der Waals surface area contributed by atoms with E-state index in [1.165, 1.54) is 6.07 Å². The van der Waals surface area contributed by atoms with Crippen LogP contribution in [0.15, 0.2) is 39.3 Å². The van der Waals surface area contributed by atoms with E-state index in [9.17, 15) is 10.1 Å². The Kier molecular flexibility index (Phi) is 4.60. The number of nitro benzene ring substituents is 1. The maximum atomic E-state index is 11.2. The quantitative estimate of drug-likeness (QED) is 0.520. The predicted molar refractivity (Wildman–Crippen MR) is 84.5 cm³/mol. The van der Waals surface area contributed by atoms with E-state index in [1.807, 2.05) is 6.07 Å². The number of aryl methyl sites for hydroxylation is 1. The van der Waals surface area contributed by atoms with Gasteiger partial charge in [-0.15, -0.1) is 0 Å². The lowest BCUT2D eigenvalue weighted by atomic mass is 10.2. The average molecular weight is 412 g/mol. The molecule has 0 unspecified atom stereocenters. The third kappa shape index (κ3) is 3.23. The monoisotopic (exact) mass is 410 g/mol. The lowest BCUT2D eigenvalue weighted by Gasteiger charge is -2.11. The minimum atomic E-state index is -0.517. The molecule has 0 amide bonds. The SMILES string of the molecule is Cc1cc(Br)cc([N+](=O)[O-])c1Oc1cccc(Br)c1C#N. The summed E-state index contributed by atoms with van der Waals surface area (Å²) in [5, 5.41) is 20.3. The van der Waals surface area contributed by atoms with Crippen molar-refractivity contribution in [3.63, 3.8) is 0 Å². The Morgan fingerprint density at radius 1 is 1.33 bits per heavy atom. The molecule has 0 aromatic heterocycles. The molecule has 5 nitrogen and oxygen atoms in total. The average Bonchev–Trinajstić information content (AvgIpc) is 2.41. The van der Waals surface area contributed by atoms with Crippen LogP contribution in [0.3, 0.4) is 0 Å². The molecule has 0 saturated heterocycles. The summed E-state index contributed by atoms with van der Waals surface area (Å²) >= 11 is 6.48. The number of nitro groups is 1. The third-order valence-corrected chi connectivity index (χ3v) is 3.83. The van der Waals surface area contributed by atoms with Gasteiger partial charge in [-0.05, 0) is 46.6 Å². The first-order chi connectivity index (χ1) is 9.93. The van der Waals surface area contributed by atoms with Crippen LogP contribution in [-0.2, 0) is 0 Å². The second-order valence-corrected chi connectivity index (χ2v) is 5.92. The second kappa shape index (κ2) is 6.24. The minimum Gasteiger partial charge on any atom is -0.448 e. The van der Waals surface area contributed by atoms with Crippen molar-refractivity contribution in [2.24, 2.45) is 0 Å². The van der Waals surface area contributed by atoms with Gasteiger partial charge in [0.2, 0.25) is 5.75 Å². The molecule has 0 saturated carbocycles. The van der Waals surface area contributed by atoms with Gasteiger partial charge in [-0.2, -0.15) is 5.26 Å². The van der Waals surface area contributed by atoms with Gasteiger partial charge in [0.25, 0.3) is 0 Å². The summed E-state index contributed by atoms with van der Waals surface area (Å²) < 4.78 is 6.81. The summed E-state index contributed by atoms with van der Waals surface area (Å²) in [4.78, 5) is 10.7. The number of ether oxygens (including phenoxy) is 1. The molecule has 21 heavy (non-hydrogen) atoms. The molecule has 106 valence electrons. The van der Waals surface area contributed by atoms with Gasteiger partial charge in [0.15, 0.2) is 0 Å². The van der Waals surface area contributed by atoms with Crippen LogP contribution in [0.2, 0.25) is 0 Å².